The molecule has 1 atom stereocenters. The van der Waals surface area contributed by atoms with Crippen molar-refractivity contribution in [2.45, 2.75) is 18.7 Å². The molecule has 78 valence electrons. The Bertz CT molecular complexity index is 310. The van der Waals surface area contributed by atoms with Crippen LogP contribution in [0.25, 0.3) is 0 Å². The van der Waals surface area contributed by atoms with Gasteiger partial charge in [0.15, 0.2) is 0 Å². The molecule has 1 aromatic carbocycles. The molecule has 0 radical (unpaired) electrons. The Hall–Kier alpha value is -0.380. The zero-order valence-electron chi connectivity index (χ0n) is 8.29. The first-order valence-corrected chi connectivity index (χ1v) is 6.03. The summed E-state index contributed by atoms with van der Waals surface area (Å²) in [4.78, 5) is 0.759. The Labute approximate surface area is 92.3 Å². The van der Waals surface area contributed by atoms with Gasteiger partial charge in [-0.05, 0) is 30.2 Å². The predicted octanol–water partition coefficient (Wildman–Crippen LogP) is 2.61. The largest absolute Gasteiger partial charge is 0.238 e. The summed E-state index contributed by atoms with van der Waals surface area (Å²) in [5.74, 6) is 0.492. The lowest BCUT2D eigenvalue weighted by Crippen LogP contribution is -2.22. The third-order valence-corrected chi connectivity index (χ3v) is 3.03. The van der Waals surface area contributed by atoms with Gasteiger partial charge in [0.1, 0.15) is 11.0 Å². The van der Waals surface area contributed by atoms with Crippen molar-refractivity contribution in [1.29, 1.82) is 0 Å². The molecule has 0 saturated carbocycles. The molecule has 0 heterocycles. The van der Waals surface area contributed by atoms with Crippen molar-refractivity contribution < 1.29 is 4.21 Å². The zero-order valence-corrected chi connectivity index (χ0v) is 9.86. The third kappa shape index (κ3) is 3.78. The van der Waals surface area contributed by atoms with Crippen molar-refractivity contribution in [3.05, 3.63) is 29.3 Å². The van der Waals surface area contributed by atoms with E-state index in [2.05, 4.69) is 18.6 Å². The second kappa shape index (κ2) is 5.49. The van der Waals surface area contributed by atoms with Crippen LogP contribution in [0.2, 0.25) is 5.02 Å². The molecular weight excluding hydrogens is 218 g/mol. The van der Waals surface area contributed by atoms with E-state index in [1.807, 2.05) is 0 Å². The van der Waals surface area contributed by atoms with Gasteiger partial charge in [0.25, 0.3) is 0 Å². The molecule has 1 rings (SSSR count). The number of hydrogen-bond donors (Lipinski definition) is 1. The Morgan fingerprint density at radius 1 is 1.36 bits per heavy atom. The summed E-state index contributed by atoms with van der Waals surface area (Å²) in [5, 5.41) is 0.662. The molecule has 0 aliphatic rings. The Balaban J connectivity index is 2.57. The topological polar surface area (TPSA) is 29.1 Å². The average molecular weight is 232 g/mol. The molecular formula is C10H14ClNOS. The van der Waals surface area contributed by atoms with Crippen LogP contribution in [0.15, 0.2) is 29.2 Å². The first-order valence-electron chi connectivity index (χ1n) is 4.50. The van der Waals surface area contributed by atoms with E-state index in [0.29, 0.717) is 10.9 Å². The van der Waals surface area contributed by atoms with Gasteiger partial charge >= 0.3 is 0 Å². The van der Waals surface area contributed by atoms with E-state index in [1.165, 1.54) is 0 Å². The van der Waals surface area contributed by atoms with E-state index in [1.54, 1.807) is 24.3 Å². The van der Waals surface area contributed by atoms with E-state index in [-0.39, 0.29) is 0 Å². The second-order valence-corrected chi connectivity index (χ2v) is 5.20. The predicted molar refractivity (Wildman–Crippen MR) is 60.7 cm³/mol. The lowest BCUT2D eigenvalue weighted by molar-refractivity contribution is 0.616. The minimum atomic E-state index is -1.12. The van der Waals surface area contributed by atoms with E-state index in [4.69, 9.17) is 11.6 Å². The second-order valence-electron chi connectivity index (χ2n) is 3.46. The van der Waals surface area contributed by atoms with Gasteiger partial charge in [-0.3, -0.25) is 0 Å². The fourth-order valence-corrected chi connectivity index (χ4v) is 2.04. The summed E-state index contributed by atoms with van der Waals surface area (Å²) in [5.41, 5.74) is 0. The van der Waals surface area contributed by atoms with Crippen molar-refractivity contribution >= 4 is 22.6 Å². The highest BCUT2D eigenvalue weighted by molar-refractivity contribution is 7.83. The minimum Gasteiger partial charge on any atom is -0.238 e. The number of benzene rings is 1. The summed E-state index contributed by atoms with van der Waals surface area (Å²) in [6.45, 7) is 4.90. The Morgan fingerprint density at radius 3 is 2.43 bits per heavy atom. The van der Waals surface area contributed by atoms with Crippen molar-refractivity contribution in [2.24, 2.45) is 5.92 Å². The Morgan fingerprint density at radius 2 is 1.93 bits per heavy atom. The fraction of sp³-hybridized carbons (Fsp3) is 0.400. The van der Waals surface area contributed by atoms with Gasteiger partial charge in [-0.1, -0.05) is 25.4 Å². The van der Waals surface area contributed by atoms with Gasteiger partial charge in [-0.15, -0.1) is 0 Å². The van der Waals surface area contributed by atoms with E-state index < -0.39 is 11.0 Å². The van der Waals surface area contributed by atoms with Crippen LogP contribution in [-0.4, -0.2) is 10.8 Å². The fourth-order valence-electron chi connectivity index (χ4n) is 0.884. The summed E-state index contributed by atoms with van der Waals surface area (Å²) in [6.07, 6.45) is 0. The maximum atomic E-state index is 11.6. The SMILES string of the molecule is CC(C)CNS(=O)c1ccc(Cl)cc1. The molecule has 0 bridgehead atoms. The lowest BCUT2D eigenvalue weighted by atomic mass is 10.2. The van der Waals surface area contributed by atoms with E-state index >= 15 is 0 Å². The van der Waals surface area contributed by atoms with Crippen LogP contribution in [0.1, 0.15) is 13.8 Å². The summed E-state index contributed by atoms with van der Waals surface area (Å²) in [7, 11) is -1.12. The number of rotatable bonds is 4. The molecule has 0 fully saturated rings. The standard InChI is InChI=1S/C10H14ClNOS/c1-8(2)7-12-14(13)10-5-3-9(11)4-6-10/h3-6,8,12H,7H2,1-2H3. The maximum absolute atomic E-state index is 11.6. The Kier molecular flexibility index (Phi) is 4.58. The van der Waals surface area contributed by atoms with Gasteiger partial charge < -0.3 is 0 Å². The molecule has 0 spiro atoms. The molecule has 1 N–H and O–H groups in total. The highest BCUT2D eigenvalue weighted by atomic mass is 35.5. The zero-order chi connectivity index (χ0) is 10.6. The molecule has 1 unspecified atom stereocenters. The smallest absolute Gasteiger partial charge is 0.124 e. The first kappa shape index (κ1) is 11.7. The molecule has 0 saturated heterocycles. The number of nitrogens with one attached hydrogen (secondary N) is 1. The first-order chi connectivity index (χ1) is 6.59. The minimum absolute atomic E-state index is 0.492. The van der Waals surface area contributed by atoms with Gasteiger partial charge in [0.05, 0.1) is 4.90 Å². The molecule has 0 aromatic heterocycles. The summed E-state index contributed by atoms with van der Waals surface area (Å²) < 4.78 is 14.6. The van der Waals surface area contributed by atoms with Gasteiger partial charge in [-0.25, -0.2) is 8.93 Å². The van der Waals surface area contributed by atoms with Crippen LogP contribution in [0, 0.1) is 5.92 Å². The molecule has 0 aliphatic carbocycles. The highest BCUT2D eigenvalue weighted by Crippen LogP contribution is 2.11. The van der Waals surface area contributed by atoms with Crippen molar-refractivity contribution in [1.82, 2.24) is 4.72 Å². The van der Waals surface area contributed by atoms with Crippen LogP contribution >= 0.6 is 11.6 Å². The molecule has 1 aromatic rings. The molecule has 0 amide bonds. The normalized spacial score (nSPS) is 13.1. The van der Waals surface area contributed by atoms with Gasteiger partial charge in [-0.2, -0.15) is 0 Å². The van der Waals surface area contributed by atoms with E-state index in [0.717, 1.165) is 11.4 Å². The van der Waals surface area contributed by atoms with Crippen LogP contribution < -0.4 is 4.72 Å². The molecule has 2 nitrogen and oxygen atoms in total. The number of halogens is 1. The monoisotopic (exact) mass is 231 g/mol. The van der Waals surface area contributed by atoms with Crippen LogP contribution in [-0.2, 0) is 11.0 Å². The third-order valence-electron chi connectivity index (χ3n) is 1.65. The van der Waals surface area contributed by atoms with Crippen LogP contribution in [0.5, 0.6) is 0 Å². The quantitative estimate of drug-likeness (QED) is 0.848. The summed E-state index contributed by atoms with van der Waals surface area (Å²) in [6, 6.07) is 7.02. The van der Waals surface area contributed by atoms with Crippen molar-refractivity contribution in [3.8, 4) is 0 Å². The van der Waals surface area contributed by atoms with Crippen LogP contribution in [0.3, 0.4) is 0 Å². The average Bonchev–Trinajstić information content (AvgIpc) is 2.15. The van der Waals surface area contributed by atoms with E-state index in [9.17, 15) is 4.21 Å². The van der Waals surface area contributed by atoms with Crippen molar-refractivity contribution in [3.63, 3.8) is 0 Å². The lowest BCUT2D eigenvalue weighted by Gasteiger charge is -2.06. The molecule has 0 aliphatic heterocycles. The van der Waals surface area contributed by atoms with Gasteiger partial charge in [0.2, 0.25) is 0 Å². The maximum Gasteiger partial charge on any atom is 0.124 e. The highest BCUT2D eigenvalue weighted by Gasteiger charge is 2.03. The van der Waals surface area contributed by atoms with Crippen molar-refractivity contribution in [2.75, 3.05) is 6.54 Å². The summed E-state index contributed by atoms with van der Waals surface area (Å²) >= 11 is 5.72. The van der Waals surface area contributed by atoms with Crippen LogP contribution in [0.4, 0.5) is 0 Å². The number of hydrogen-bond acceptors (Lipinski definition) is 1. The molecule has 14 heavy (non-hydrogen) atoms. The van der Waals surface area contributed by atoms with Gasteiger partial charge in [0, 0.05) is 11.6 Å². The molecule has 4 heteroatoms.